The maximum atomic E-state index is 7.29. The molecule has 0 aliphatic rings. The van der Waals surface area contributed by atoms with E-state index >= 15 is 0 Å². The van der Waals surface area contributed by atoms with Gasteiger partial charge >= 0.3 is 0 Å². The molecule has 0 aliphatic heterocycles. The lowest BCUT2D eigenvalue weighted by Crippen LogP contribution is -1.93. The van der Waals surface area contributed by atoms with Crippen molar-refractivity contribution < 1.29 is 0 Å². The van der Waals surface area contributed by atoms with E-state index in [-0.39, 0.29) is 0 Å². The second kappa shape index (κ2) is 12.3. The molecular formula is C40H26Cl2N2. The molecule has 5 aromatic carbocycles. The van der Waals surface area contributed by atoms with Gasteiger partial charge in [0.25, 0.3) is 0 Å². The molecule has 2 nitrogen and oxygen atoms in total. The first-order valence-electron chi connectivity index (χ1n) is 14.4. The van der Waals surface area contributed by atoms with E-state index in [1.165, 1.54) is 0 Å². The fraction of sp³-hybridized carbons (Fsp3) is 0. The molecule has 0 atom stereocenters. The highest BCUT2D eigenvalue weighted by molar-refractivity contribution is 6.37. The minimum Gasteiger partial charge on any atom is -0.256 e. The predicted molar refractivity (Wildman–Crippen MR) is 185 cm³/mol. The average molecular weight is 606 g/mol. The Morgan fingerprint density at radius 1 is 0.273 bits per heavy atom. The van der Waals surface area contributed by atoms with Gasteiger partial charge in [0, 0.05) is 45.8 Å². The van der Waals surface area contributed by atoms with Gasteiger partial charge in [-0.2, -0.15) is 0 Å². The van der Waals surface area contributed by atoms with Gasteiger partial charge in [-0.05, 0) is 46.5 Å². The van der Waals surface area contributed by atoms with Crippen LogP contribution >= 0.6 is 23.2 Å². The van der Waals surface area contributed by atoms with Crippen LogP contribution < -0.4 is 0 Å². The quantitative estimate of drug-likeness (QED) is 0.188. The van der Waals surface area contributed by atoms with Crippen molar-refractivity contribution in [2.24, 2.45) is 0 Å². The standard InChI is InChI=1S/C40H26Cl2N2/c41-39-33(19-11-21-35(39)29-15-3-5-17-31(29)37-23-7-9-25-43-37)27-13-1-2-14-28(27)34-20-12-22-36(40(34)42)30-16-4-6-18-32(30)38-24-8-10-26-44-38/h1-26H. The molecular weight excluding hydrogens is 579 g/mol. The summed E-state index contributed by atoms with van der Waals surface area (Å²) in [6.45, 7) is 0. The first-order chi connectivity index (χ1) is 21.7. The van der Waals surface area contributed by atoms with Crippen LogP contribution in [0.25, 0.3) is 67.0 Å². The molecule has 0 N–H and O–H groups in total. The molecule has 0 amide bonds. The van der Waals surface area contributed by atoms with Crippen molar-refractivity contribution in [2.45, 2.75) is 0 Å². The van der Waals surface area contributed by atoms with E-state index in [0.717, 1.165) is 67.0 Å². The molecule has 0 aliphatic carbocycles. The molecule has 0 saturated heterocycles. The van der Waals surface area contributed by atoms with Gasteiger partial charge in [-0.25, -0.2) is 0 Å². The summed E-state index contributed by atoms with van der Waals surface area (Å²) < 4.78 is 0. The number of rotatable bonds is 6. The fourth-order valence-electron chi connectivity index (χ4n) is 5.78. The topological polar surface area (TPSA) is 25.8 Å². The predicted octanol–water partition coefficient (Wildman–Crippen LogP) is 11.8. The first kappa shape index (κ1) is 27.8. The van der Waals surface area contributed by atoms with Crippen LogP contribution in [0.5, 0.6) is 0 Å². The molecule has 44 heavy (non-hydrogen) atoms. The maximum absolute atomic E-state index is 7.29. The number of nitrogens with zero attached hydrogens (tertiary/aromatic N) is 2. The normalized spacial score (nSPS) is 11.0. The number of hydrogen-bond donors (Lipinski definition) is 0. The van der Waals surface area contributed by atoms with E-state index in [4.69, 9.17) is 23.2 Å². The van der Waals surface area contributed by atoms with Crippen molar-refractivity contribution in [1.29, 1.82) is 0 Å². The van der Waals surface area contributed by atoms with Crippen LogP contribution in [0.1, 0.15) is 0 Å². The Morgan fingerprint density at radius 2 is 0.545 bits per heavy atom. The Bertz CT molecular complexity index is 1940. The van der Waals surface area contributed by atoms with Crippen LogP contribution in [-0.2, 0) is 0 Å². The largest absolute Gasteiger partial charge is 0.256 e. The Labute approximate surface area is 267 Å². The van der Waals surface area contributed by atoms with E-state index in [9.17, 15) is 0 Å². The van der Waals surface area contributed by atoms with Crippen molar-refractivity contribution in [2.75, 3.05) is 0 Å². The molecule has 7 rings (SSSR count). The van der Waals surface area contributed by atoms with E-state index in [1.54, 1.807) is 0 Å². The van der Waals surface area contributed by atoms with Crippen LogP contribution in [0.2, 0.25) is 10.0 Å². The molecule has 0 saturated carbocycles. The second-order valence-corrected chi connectivity index (χ2v) is 11.2. The smallest absolute Gasteiger partial charge is 0.0708 e. The van der Waals surface area contributed by atoms with Crippen molar-refractivity contribution in [3.63, 3.8) is 0 Å². The van der Waals surface area contributed by atoms with Gasteiger partial charge in [0.05, 0.1) is 21.4 Å². The number of pyridine rings is 2. The fourth-order valence-corrected chi connectivity index (χ4v) is 6.43. The third kappa shape index (κ3) is 5.20. The van der Waals surface area contributed by atoms with Gasteiger partial charge in [-0.3, -0.25) is 9.97 Å². The van der Waals surface area contributed by atoms with Crippen molar-refractivity contribution in [3.8, 4) is 67.0 Å². The molecule has 210 valence electrons. The minimum atomic E-state index is 0.677. The molecule has 4 heteroatoms. The third-order valence-electron chi connectivity index (χ3n) is 7.82. The molecule has 2 aromatic heterocycles. The Hall–Kier alpha value is -5.02. The summed E-state index contributed by atoms with van der Waals surface area (Å²) in [6, 6.07) is 49.1. The molecule has 0 fully saturated rings. The summed E-state index contributed by atoms with van der Waals surface area (Å²) >= 11 is 14.6. The highest BCUT2D eigenvalue weighted by atomic mass is 35.5. The summed E-state index contributed by atoms with van der Waals surface area (Å²) in [5.74, 6) is 0. The summed E-state index contributed by atoms with van der Waals surface area (Å²) in [4.78, 5) is 9.21. The zero-order chi connectivity index (χ0) is 29.9. The minimum absolute atomic E-state index is 0.677. The lowest BCUT2D eigenvalue weighted by atomic mass is 9.89. The number of aromatic nitrogens is 2. The van der Waals surface area contributed by atoms with Gasteiger partial charge in [0.1, 0.15) is 0 Å². The van der Waals surface area contributed by atoms with E-state index < -0.39 is 0 Å². The Kier molecular flexibility index (Phi) is 7.77. The van der Waals surface area contributed by atoms with Crippen molar-refractivity contribution >= 4 is 23.2 Å². The second-order valence-electron chi connectivity index (χ2n) is 10.4. The van der Waals surface area contributed by atoms with E-state index in [0.29, 0.717) is 10.0 Å². The van der Waals surface area contributed by atoms with Crippen LogP contribution in [0.3, 0.4) is 0 Å². The molecule has 0 spiro atoms. The molecule has 2 heterocycles. The summed E-state index contributed by atoms with van der Waals surface area (Å²) in [5.41, 5.74) is 11.7. The Morgan fingerprint density at radius 3 is 0.864 bits per heavy atom. The first-order valence-corrected chi connectivity index (χ1v) is 15.1. The van der Waals surface area contributed by atoms with Crippen molar-refractivity contribution in [1.82, 2.24) is 9.97 Å². The highest BCUT2D eigenvalue weighted by Crippen LogP contribution is 2.46. The molecule has 0 unspecified atom stereocenters. The summed E-state index contributed by atoms with van der Waals surface area (Å²) in [7, 11) is 0. The SMILES string of the molecule is Clc1c(-c2ccccc2-c2ccccn2)cccc1-c1ccccc1-c1cccc(-c2ccccc2-c2ccccn2)c1Cl. The Balaban J connectivity index is 1.37. The monoisotopic (exact) mass is 604 g/mol. The summed E-state index contributed by atoms with van der Waals surface area (Å²) in [5, 5.41) is 1.35. The van der Waals surface area contributed by atoms with Gasteiger partial charge in [0.2, 0.25) is 0 Å². The van der Waals surface area contributed by atoms with Crippen LogP contribution in [0, 0.1) is 0 Å². The molecule has 7 aromatic rings. The highest BCUT2D eigenvalue weighted by Gasteiger charge is 2.19. The lowest BCUT2D eigenvalue weighted by Gasteiger charge is -2.18. The van der Waals surface area contributed by atoms with Gasteiger partial charge in [-0.15, -0.1) is 0 Å². The van der Waals surface area contributed by atoms with Crippen LogP contribution in [-0.4, -0.2) is 9.97 Å². The third-order valence-corrected chi connectivity index (χ3v) is 8.64. The van der Waals surface area contributed by atoms with Crippen LogP contribution in [0.15, 0.2) is 158 Å². The molecule has 0 bridgehead atoms. The molecule has 0 radical (unpaired) electrons. The van der Waals surface area contributed by atoms with Crippen LogP contribution in [0.4, 0.5) is 0 Å². The van der Waals surface area contributed by atoms with Gasteiger partial charge < -0.3 is 0 Å². The zero-order valence-corrected chi connectivity index (χ0v) is 25.2. The zero-order valence-electron chi connectivity index (χ0n) is 23.7. The van der Waals surface area contributed by atoms with Gasteiger partial charge in [0.15, 0.2) is 0 Å². The van der Waals surface area contributed by atoms with Gasteiger partial charge in [-0.1, -0.05) is 145 Å². The number of benzene rings is 5. The van der Waals surface area contributed by atoms with Crippen molar-refractivity contribution in [3.05, 3.63) is 168 Å². The number of halogens is 2. The summed E-state index contributed by atoms with van der Waals surface area (Å²) in [6.07, 6.45) is 3.63. The van der Waals surface area contributed by atoms with E-state index in [2.05, 4.69) is 82.8 Å². The number of hydrogen-bond acceptors (Lipinski definition) is 2. The average Bonchev–Trinajstić information content (AvgIpc) is 3.09. The maximum Gasteiger partial charge on any atom is 0.0708 e. The van der Waals surface area contributed by atoms with E-state index in [1.807, 2.05) is 85.2 Å². The lowest BCUT2D eigenvalue weighted by molar-refractivity contribution is 1.33.